The first-order valence-electron chi connectivity index (χ1n) is 19.1. The van der Waals surface area contributed by atoms with E-state index in [2.05, 4.69) is 156 Å². The van der Waals surface area contributed by atoms with Crippen molar-refractivity contribution in [1.29, 1.82) is 0 Å². The minimum absolute atomic E-state index is 0.425. The molecule has 57 heavy (non-hydrogen) atoms. The maximum atomic E-state index is 6.60. The van der Waals surface area contributed by atoms with E-state index >= 15 is 0 Å². The summed E-state index contributed by atoms with van der Waals surface area (Å²) >= 11 is 1.84. The lowest BCUT2D eigenvalue weighted by molar-refractivity contribution is 0.662. The van der Waals surface area contributed by atoms with E-state index < -0.39 is 6.17 Å². The Morgan fingerprint density at radius 1 is 0.509 bits per heavy atom. The van der Waals surface area contributed by atoms with E-state index in [1.165, 1.54) is 20.2 Å². The van der Waals surface area contributed by atoms with Crippen LogP contribution in [0.5, 0.6) is 0 Å². The molecule has 1 atom stereocenters. The van der Waals surface area contributed by atoms with Crippen LogP contribution >= 0.6 is 11.3 Å². The third-order valence-electron chi connectivity index (χ3n) is 10.7. The van der Waals surface area contributed by atoms with Gasteiger partial charge in [0.15, 0.2) is 5.84 Å². The maximum Gasteiger partial charge on any atom is 0.159 e. The molecular formula is C51H34N4OS. The van der Waals surface area contributed by atoms with Gasteiger partial charge in [0.2, 0.25) is 0 Å². The second-order valence-corrected chi connectivity index (χ2v) is 15.3. The fraction of sp³-hybridized carbons (Fsp3) is 0.0196. The van der Waals surface area contributed by atoms with Gasteiger partial charge in [0, 0.05) is 54.3 Å². The molecule has 1 N–H and O–H groups in total. The predicted octanol–water partition coefficient (Wildman–Crippen LogP) is 13.6. The zero-order valence-corrected chi connectivity index (χ0v) is 31.5. The summed E-state index contributed by atoms with van der Waals surface area (Å²) in [5.41, 5.74) is 10.1. The maximum absolute atomic E-state index is 6.60. The predicted molar refractivity (Wildman–Crippen MR) is 239 cm³/mol. The number of aliphatic imine (C=N–C) groups is 2. The standard InChI is InChI=1S/C51H34N4OS/c1-4-15-34(16-5-1)49-52-50(35-17-6-2-7-18-35)54-51(53-49)42-31-36(32-45-47(42)41-22-10-12-25-44(41)56-45)33-27-29-38(30-28-33)55(37-19-8-3-9-20-37)43-24-14-23-40-39-21-11-13-26-46(39)57-48(40)43/h1-32,51H,(H,52,53,54). The van der Waals surface area contributed by atoms with Crippen LogP contribution in [0.2, 0.25) is 0 Å². The van der Waals surface area contributed by atoms with Gasteiger partial charge < -0.3 is 14.6 Å². The first-order valence-corrected chi connectivity index (χ1v) is 19.9. The Morgan fingerprint density at radius 2 is 1.16 bits per heavy atom. The summed E-state index contributed by atoms with van der Waals surface area (Å²) in [6.45, 7) is 0. The zero-order chi connectivity index (χ0) is 37.7. The number of nitrogens with zero attached hydrogens (tertiary/aromatic N) is 3. The van der Waals surface area contributed by atoms with Gasteiger partial charge in [0.05, 0.1) is 10.4 Å². The van der Waals surface area contributed by atoms with Crippen molar-refractivity contribution in [1.82, 2.24) is 5.32 Å². The van der Waals surface area contributed by atoms with Crippen LogP contribution in [0.25, 0.3) is 53.2 Å². The van der Waals surface area contributed by atoms with E-state index in [1.807, 2.05) is 59.9 Å². The van der Waals surface area contributed by atoms with Gasteiger partial charge in [-0.1, -0.05) is 140 Å². The second kappa shape index (κ2) is 13.8. The van der Waals surface area contributed by atoms with Gasteiger partial charge in [0.25, 0.3) is 0 Å². The lowest BCUT2D eigenvalue weighted by Crippen LogP contribution is -2.33. The SMILES string of the molecule is c1ccc(C2=NC(c3cc(-c4ccc(N(c5ccccc5)c5cccc6c5sc5ccccc56)cc4)cc4oc5ccccc5c34)NC(c3ccccc3)=N2)cc1. The van der Waals surface area contributed by atoms with Gasteiger partial charge in [-0.15, -0.1) is 11.3 Å². The Morgan fingerprint density at radius 3 is 1.95 bits per heavy atom. The Labute approximate surface area is 333 Å². The molecule has 1 aliphatic heterocycles. The van der Waals surface area contributed by atoms with Crippen LogP contribution in [0, 0.1) is 0 Å². The molecule has 0 saturated carbocycles. The van der Waals surface area contributed by atoms with Crippen molar-refractivity contribution in [2.45, 2.75) is 6.17 Å². The van der Waals surface area contributed by atoms with Crippen molar-refractivity contribution in [3.8, 4) is 11.1 Å². The van der Waals surface area contributed by atoms with Gasteiger partial charge in [-0.2, -0.15) is 0 Å². The molecule has 0 aliphatic carbocycles. The Hall–Kier alpha value is -7.28. The van der Waals surface area contributed by atoms with E-state index in [9.17, 15) is 0 Å². The van der Waals surface area contributed by atoms with E-state index in [0.29, 0.717) is 5.84 Å². The van der Waals surface area contributed by atoms with Gasteiger partial charge in [-0.25, -0.2) is 9.98 Å². The van der Waals surface area contributed by atoms with Crippen molar-refractivity contribution in [3.05, 3.63) is 211 Å². The van der Waals surface area contributed by atoms with Crippen molar-refractivity contribution < 1.29 is 4.42 Å². The molecule has 0 saturated heterocycles. The van der Waals surface area contributed by atoms with E-state index in [-0.39, 0.29) is 0 Å². The zero-order valence-electron chi connectivity index (χ0n) is 30.7. The number of furan rings is 1. The van der Waals surface area contributed by atoms with Crippen molar-refractivity contribution in [2.75, 3.05) is 4.90 Å². The first kappa shape index (κ1) is 33.1. The number of amidine groups is 2. The molecule has 5 nitrogen and oxygen atoms in total. The Bertz CT molecular complexity index is 3150. The second-order valence-electron chi connectivity index (χ2n) is 14.2. The number of thiophene rings is 1. The summed E-state index contributed by atoms with van der Waals surface area (Å²) in [7, 11) is 0. The summed E-state index contributed by atoms with van der Waals surface area (Å²) in [5.74, 6) is 1.46. The third kappa shape index (κ3) is 5.86. The normalized spacial score (nSPS) is 14.1. The summed E-state index contributed by atoms with van der Waals surface area (Å²) in [5, 5.41) is 8.37. The van der Waals surface area contributed by atoms with E-state index in [1.54, 1.807) is 0 Å². The molecule has 0 bridgehead atoms. The molecule has 0 spiro atoms. The molecule has 3 heterocycles. The number of nitrogens with one attached hydrogen (secondary N) is 1. The third-order valence-corrected chi connectivity index (χ3v) is 11.9. The largest absolute Gasteiger partial charge is 0.456 e. The van der Waals surface area contributed by atoms with Crippen LogP contribution in [-0.2, 0) is 0 Å². The van der Waals surface area contributed by atoms with Crippen LogP contribution in [0.1, 0.15) is 22.9 Å². The topological polar surface area (TPSA) is 53.1 Å². The number of hydrogen-bond acceptors (Lipinski definition) is 6. The molecule has 0 radical (unpaired) electrons. The number of anilines is 3. The average molecular weight is 751 g/mol. The highest BCUT2D eigenvalue weighted by Crippen LogP contribution is 2.45. The smallest absolute Gasteiger partial charge is 0.159 e. The van der Waals surface area contributed by atoms with Crippen molar-refractivity contribution in [2.24, 2.45) is 9.98 Å². The number of benzene rings is 8. The Balaban J connectivity index is 1.05. The number of rotatable bonds is 7. The summed E-state index contributed by atoms with van der Waals surface area (Å²) in [6.07, 6.45) is -0.425. The van der Waals surface area contributed by atoms with Gasteiger partial charge in [0.1, 0.15) is 23.2 Å². The molecule has 1 unspecified atom stereocenters. The molecule has 0 amide bonds. The highest BCUT2D eigenvalue weighted by atomic mass is 32.1. The highest BCUT2D eigenvalue weighted by molar-refractivity contribution is 7.26. The van der Waals surface area contributed by atoms with Crippen molar-refractivity contribution >= 4 is 82.2 Å². The lowest BCUT2D eigenvalue weighted by Gasteiger charge is -2.26. The van der Waals surface area contributed by atoms with Crippen LogP contribution in [0.15, 0.2) is 209 Å². The van der Waals surface area contributed by atoms with Crippen LogP contribution in [0.4, 0.5) is 17.1 Å². The fourth-order valence-electron chi connectivity index (χ4n) is 8.05. The molecule has 6 heteroatoms. The molecule has 270 valence electrons. The summed E-state index contributed by atoms with van der Waals surface area (Å²) < 4.78 is 9.15. The molecule has 8 aromatic carbocycles. The van der Waals surface area contributed by atoms with Crippen LogP contribution < -0.4 is 10.2 Å². The monoisotopic (exact) mass is 750 g/mol. The first-order chi connectivity index (χ1) is 28.2. The summed E-state index contributed by atoms with van der Waals surface area (Å²) in [6, 6.07) is 68.0. The van der Waals surface area contributed by atoms with E-state index in [4.69, 9.17) is 14.4 Å². The number of hydrogen-bond donors (Lipinski definition) is 1. The van der Waals surface area contributed by atoms with Gasteiger partial charge in [-0.3, -0.25) is 0 Å². The van der Waals surface area contributed by atoms with Crippen LogP contribution in [0.3, 0.4) is 0 Å². The molecule has 11 rings (SSSR count). The minimum atomic E-state index is -0.425. The molecule has 0 fully saturated rings. The molecular weight excluding hydrogens is 717 g/mol. The lowest BCUT2D eigenvalue weighted by atomic mass is 9.96. The number of fused-ring (bicyclic) bond motifs is 6. The van der Waals surface area contributed by atoms with Gasteiger partial charge >= 0.3 is 0 Å². The highest BCUT2D eigenvalue weighted by Gasteiger charge is 2.26. The fourth-order valence-corrected chi connectivity index (χ4v) is 9.26. The molecule has 1 aliphatic rings. The van der Waals surface area contributed by atoms with Gasteiger partial charge in [-0.05, 0) is 65.7 Å². The van der Waals surface area contributed by atoms with E-state index in [0.717, 1.165) is 72.7 Å². The molecule has 2 aromatic heterocycles. The Kier molecular flexibility index (Phi) is 8.00. The molecule has 10 aromatic rings. The minimum Gasteiger partial charge on any atom is -0.456 e. The van der Waals surface area contributed by atoms with Crippen LogP contribution in [-0.4, -0.2) is 11.7 Å². The average Bonchev–Trinajstić information content (AvgIpc) is 3.86. The quantitative estimate of drug-likeness (QED) is 0.176. The number of para-hydroxylation sites is 2. The van der Waals surface area contributed by atoms with Crippen molar-refractivity contribution in [3.63, 3.8) is 0 Å². The summed E-state index contributed by atoms with van der Waals surface area (Å²) in [4.78, 5) is 12.7.